The van der Waals surface area contributed by atoms with Gasteiger partial charge in [0, 0.05) is 11.3 Å². The molecule has 0 amide bonds. The molecule has 2 aromatic carbocycles. The average molecular weight is 321 g/mol. The summed E-state index contributed by atoms with van der Waals surface area (Å²) in [6, 6.07) is 8.19. The van der Waals surface area contributed by atoms with Crippen molar-refractivity contribution >= 4 is 22.6 Å². The van der Waals surface area contributed by atoms with Crippen LogP contribution in [0.1, 0.15) is 15.9 Å². The lowest BCUT2D eigenvalue weighted by atomic mass is 10.1. The lowest BCUT2D eigenvalue weighted by Gasteiger charge is -2.07. The minimum Gasteiger partial charge on any atom is -0.399 e. The van der Waals surface area contributed by atoms with Gasteiger partial charge in [-0.1, -0.05) is 0 Å². The van der Waals surface area contributed by atoms with Crippen LogP contribution in [0.2, 0.25) is 0 Å². The highest BCUT2D eigenvalue weighted by molar-refractivity contribution is 6.01. The third-order valence-corrected chi connectivity index (χ3v) is 3.37. The molecule has 0 fully saturated rings. The minimum absolute atomic E-state index is 0.0385. The van der Waals surface area contributed by atoms with Gasteiger partial charge in [-0.05, 0) is 42.5 Å². The van der Waals surface area contributed by atoms with E-state index < -0.39 is 23.3 Å². The van der Waals surface area contributed by atoms with Gasteiger partial charge in [-0.3, -0.25) is 4.79 Å². The number of rotatable bonds is 1. The monoisotopic (exact) mass is 321 g/mol. The first-order valence-electron chi connectivity index (χ1n) is 6.49. The molecule has 3 aromatic rings. The number of nitrogens with one attached hydrogen (secondary N) is 1. The van der Waals surface area contributed by atoms with E-state index in [0.29, 0.717) is 11.2 Å². The van der Waals surface area contributed by atoms with Crippen LogP contribution < -0.4 is 11.4 Å². The summed E-state index contributed by atoms with van der Waals surface area (Å²) in [5.74, 6) is -0.736. The summed E-state index contributed by atoms with van der Waals surface area (Å²) in [5, 5.41) is 0. The Morgan fingerprint density at radius 1 is 1.09 bits per heavy atom. The van der Waals surface area contributed by atoms with E-state index in [-0.39, 0.29) is 11.1 Å². The number of nitrogens with zero attached hydrogens (tertiary/aromatic N) is 1. The normalized spacial score (nSPS) is 11.8. The largest absolute Gasteiger partial charge is 0.416 e. The second-order valence-electron chi connectivity index (χ2n) is 4.92. The van der Waals surface area contributed by atoms with E-state index in [2.05, 4.69) is 4.98 Å². The number of benzene rings is 2. The molecule has 3 rings (SSSR count). The fourth-order valence-corrected chi connectivity index (χ4v) is 2.25. The Bertz CT molecular complexity index is 953. The Kier molecular flexibility index (Phi) is 3.24. The van der Waals surface area contributed by atoms with Crippen molar-refractivity contribution in [3.05, 3.63) is 64.1 Å². The maximum absolute atomic E-state index is 12.6. The molecule has 0 saturated carbocycles. The molecule has 0 unspecified atom stereocenters. The summed E-state index contributed by atoms with van der Waals surface area (Å²) in [5.41, 5.74) is 5.07. The molecule has 0 atom stereocenters. The standard InChI is InChI=1S/C15H10F3N3O2/c16-15(17,18)9-3-1-8(2-4-9)13(22)21-12-7-10(19)5-6-11(12)20-14(21)23/h1-7H,19H2,(H,20,23). The van der Waals surface area contributed by atoms with Gasteiger partial charge in [-0.15, -0.1) is 0 Å². The average Bonchev–Trinajstić information content (AvgIpc) is 2.81. The number of alkyl halides is 3. The summed E-state index contributed by atoms with van der Waals surface area (Å²) in [7, 11) is 0. The van der Waals surface area contributed by atoms with Crippen LogP contribution in [0, 0.1) is 0 Å². The maximum atomic E-state index is 12.6. The number of halogens is 3. The number of hydrogen-bond acceptors (Lipinski definition) is 3. The summed E-state index contributed by atoms with van der Waals surface area (Å²) in [6.07, 6.45) is -4.49. The number of anilines is 1. The molecular weight excluding hydrogens is 311 g/mol. The van der Waals surface area contributed by atoms with Crippen molar-refractivity contribution in [3.8, 4) is 0 Å². The summed E-state index contributed by atoms with van der Waals surface area (Å²) in [6.45, 7) is 0. The van der Waals surface area contributed by atoms with E-state index in [1.165, 1.54) is 6.07 Å². The molecule has 1 heterocycles. The molecule has 3 N–H and O–H groups in total. The molecule has 0 aliphatic carbocycles. The molecule has 1 aromatic heterocycles. The highest BCUT2D eigenvalue weighted by atomic mass is 19.4. The molecule has 0 spiro atoms. The molecule has 118 valence electrons. The van der Waals surface area contributed by atoms with Crippen molar-refractivity contribution in [1.29, 1.82) is 0 Å². The minimum atomic E-state index is -4.49. The van der Waals surface area contributed by atoms with Crippen LogP contribution in [0.25, 0.3) is 11.0 Å². The number of carbonyl (C=O) groups excluding carboxylic acids is 1. The number of fused-ring (bicyclic) bond motifs is 1. The first-order valence-corrected chi connectivity index (χ1v) is 6.49. The number of nitrogens with two attached hydrogens (primary N) is 1. The van der Waals surface area contributed by atoms with Gasteiger partial charge in [-0.25, -0.2) is 9.36 Å². The van der Waals surface area contributed by atoms with E-state index in [4.69, 9.17) is 5.73 Å². The highest BCUT2D eigenvalue weighted by Gasteiger charge is 2.30. The fraction of sp³-hybridized carbons (Fsp3) is 0.0667. The number of H-pyrrole nitrogens is 1. The van der Waals surface area contributed by atoms with Crippen molar-refractivity contribution in [2.75, 3.05) is 5.73 Å². The number of carbonyl (C=O) groups is 1. The molecular formula is C15H10F3N3O2. The van der Waals surface area contributed by atoms with Gasteiger partial charge >= 0.3 is 11.9 Å². The number of aromatic amines is 1. The van der Waals surface area contributed by atoms with Gasteiger partial charge in [0.2, 0.25) is 0 Å². The van der Waals surface area contributed by atoms with E-state index >= 15 is 0 Å². The Balaban J connectivity index is 2.09. The second kappa shape index (κ2) is 5.01. The zero-order valence-corrected chi connectivity index (χ0v) is 11.5. The summed E-state index contributed by atoms with van der Waals surface area (Å²) >= 11 is 0. The van der Waals surface area contributed by atoms with Gasteiger partial charge in [0.05, 0.1) is 16.6 Å². The summed E-state index contributed by atoms with van der Waals surface area (Å²) < 4.78 is 38.5. The van der Waals surface area contributed by atoms with E-state index in [0.717, 1.165) is 28.8 Å². The van der Waals surface area contributed by atoms with Crippen LogP contribution in [0.3, 0.4) is 0 Å². The van der Waals surface area contributed by atoms with Crippen molar-refractivity contribution in [2.24, 2.45) is 0 Å². The Morgan fingerprint density at radius 2 is 1.74 bits per heavy atom. The molecule has 0 aliphatic heterocycles. The molecule has 23 heavy (non-hydrogen) atoms. The molecule has 5 nitrogen and oxygen atoms in total. The zero-order chi connectivity index (χ0) is 16.8. The van der Waals surface area contributed by atoms with Crippen molar-refractivity contribution in [1.82, 2.24) is 9.55 Å². The zero-order valence-electron chi connectivity index (χ0n) is 11.5. The molecule has 0 radical (unpaired) electrons. The smallest absolute Gasteiger partial charge is 0.399 e. The van der Waals surface area contributed by atoms with Gasteiger partial charge in [0.15, 0.2) is 0 Å². The van der Waals surface area contributed by atoms with Crippen LogP contribution in [0.15, 0.2) is 47.3 Å². The van der Waals surface area contributed by atoms with E-state index in [1.54, 1.807) is 12.1 Å². The third-order valence-electron chi connectivity index (χ3n) is 3.37. The lowest BCUT2D eigenvalue weighted by Crippen LogP contribution is -2.24. The van der Waals surface area contributed by atoms with Crippen molar-refractivity contribution in [2.45, 2.75) is 6.18 Å². The van der Waals surface area contributed by atoms with E-state index in [1.807, 2.05) is 0 Å². The summed E-state index contributed by atoms with van der Waals surface area (Å²) in [4.78, 5) is 26.9. The fourth-order valence-electron chi connectivity index (χ4n) is 2.25. The van der Waals surface area contributed by atoms with Crippen molar-refractivity contribution < 1.29 is 18.0 Å². The number of imidazole rings is 1. The topological polar surface area (TPSA) is 80.9 Å². The van der Waals surface area contributed by atoms with Crippen LogP contribution in [-0.2, 0) is 6.18 Å². The van der Waals surface area contributed by atoms with Gasteiger partial charge in [0.25, 0.3) is 5.91 Å². The number of aromatic nitrogens is 2. The van der Waals surface area contributed by atoms with Gasteiger partial charge in [-0.2, -0.15) is 13.2 Å². The quantitative estimate of drug-likeness (QED) is 0.676. The Labute approximate surface area is 127 Å². The number of hydrogen-bond donors (Lipinski definition) is 2. The highest BCUT2D eigenvalue weighted by Crippen LogP contribution is 2.29. The van der Waals surface area contributed by atoms with Crippen LogP contribution in [-0.4, -0.2) is 15.5 Å². The predicted molar refractivity (Wildman–Crippen MR) is 78.1 cm³/mol. The molecule has 0 aliphatic rings. The van der Waals surface area contributed by atoms with Crippen molar-refractivity contribution in [3.63, 3.8) is 0 Å². The van der Waals surface area contributed by atoms with Gasteiger partial charge < -0.3 is 10.7 Å². The Hall–Kier alpha value is -3.03. The lowest BCUT2D eigenvalue weighted by molar-refractivity contribution is -0.137. The van der Waals surface area contributed by atoms with Gasteiger partial charge in [0.1, 0.15) is 0 Å². The van der Waals surface area contributed by atoms with Crippen LogP contribution in [0.4, 0.5) is 18.9 Å². The van der Waals surface area contributed by atoms with Crippen LogP contribution >= 0.6 is 0 Å². The molecule has 0 bridgehead atoms. The first-order chi connectivity index (χ1) is 10.8. The predicted octanol–water partition coefficient (Wildman–Crippen LogP) is 2.62. The Morgan fingerprint density at radius 3 is 2.35 bits per heavy atom. The number of nitrogen functional groups attached to an aromatic ring is 1. The molecule has 0 saturated heterocycles. The second-order valence-corrected chi connectivity index (χ2v) is 4.92. The third kappa shape index (κ3) is 2.59. The van der Waals surface area contributed by atoms with Crippen LogP contribution in [0.5, 0.6) is 0 Å². The van der Waals surface area contributed by atoms with E-state index in [9.17, 15) is 22.8 Å². The molecule has 8 heteroatoms. The first kappa shape index (κ1) is 14.9. The maximum Gasteiger partial charge on any atom is 0.416 e. The SMILES string of the molecule is Nc1ccc2[nH]c(=O)n(C(=O)c3ccc(C(F)(F)F)cc3)c2c1.